The minimum Gasteiger partial charge on any atom is -0.496 e. The average molecular weight is 523 g/mol. The summed E-state index contributed by atoms with van der Waals surface area (Å²) in [5.41, 5.74) is 3.65. The number of anilines is 2. The fraction of sp³-hybridized carbons (Fsp3) is 0.222. The quantitative estimate of drug-likeness (QED) is 0.471. The first-order valence-electron chi connectivity index (χ1n) is 11.5. The van der Waals surface area contributed by atoms with Gasteiger partial charge in [0.25, 0.3) is 11.8 Å². The third kappa shape index (κ3) is 5.78. The molecule has 3 aromatic carbocycles. The first-order chi connectivity index (χ1) is 17.4. The predicted octanol–water partition coefficient (Wildman–Crippen LogP) is 4.75. The van der Waals surface area contributed by atoms with E-state index in [1.807, 2.05) is 48.2 Å². The lowest BCUT2D eigenvalue weighted by molar-refractivity contribution is 0.0746. The van der Waals surface area contributed by atoms with Crippen molar-refractivity contribution in [2.45, 2.75) is 6.92 Å². The van der Waals surface area contributed by atoms with Gasteiger partial charge >= 0.3 is 0 Å². The van der Waals surface area contributed by atoms with Crippen LogP contribution in [0.4, 0.5) is 11.4 Å². The third-order valence-electron chi connectivity index (χ3n) is 6.07. The minimum atomic E-state index is -0.370. The molecule has 1 heterocycles. The maximum absolute atomic E-state index is 12.9. The number of ether oxygens (including phenoxy) is 1. The van der Waals surface area contributed by atoms with Gasteiger partial charge < -0.3 is 19.9 Å². The molecule has 9 heteroatoms. The largest absolute Gasteiger partial charge is 0.496 e. The second-order valence-electron chi connectivity index (χ2n) is 8.37. The Morgan fingerprint density at radius 2 is 1.61 bits per heavy atom. The molecule has 4 rings (SSSR count). The number of carbonyl (C=O) groups is 2. The molecule has 0 aromatic heterocycles. The van der Waals surface area contributed by atoms with E-state index >= 15 is 0 Å². The second kappa shape index (κ2) is 11.4. The van der Waals surface area contributed by atoms with E-state index in [0.717, 1.165) is 16.8 Å². The lowest BCUT2D eigenvalue weighted by Crippen LogP contribution is -2.49. The normalized spacial score (nSPS) is 13.2. The lowest BCUT2D eigenvalue weighted by atomic mass is 10.1. The molecule has 7 nitrogen and oxygen atoms in total. The van der Waals surface area contributed by atoms with Gasteiger partial charge in [-0.1, -0.05) is 41.9 Å². The number of carbonyl (C=O) groups excluding carboxylic acids is 2. The molecule has 0 spiro atoms. The van der Waals surface area contributed by atoms with Gasteiger partial charge in [-0.25, -0.2) is 0 Å². The van der Waals surface area contributed by atoms with E-state index in [0.29, 0.717) is 48.2 Å². The number of methoxy groups -OCH3 is 1. The van der Waals surface area contributed by atoms with E-state index in [1.54, 1.807) is 30.3 Å². The van der Waals surface area contributed by atoms with E-state index in [1.165, 1.54) is 7.11 Å². The number of piperazine rings is 1. The maximum atomic E-state index is 12.9. The highest BCUT2D eigenvalue weighted by Gasteiger charge is 2.24. The van der Waals surface area contributed by atoms with Gasteiger partial charge in [-0.05, 0) is 61.1 Å². The fourth-order valence-electron chi connectivity index (χ4n) is 4.14. The van der Waals surface area contributed by atoms with Crippen LogP contribution in [0.25, 0.3) is 0 Å². The minimum absolute atomic E-state index is 0.0575. The van der Waals surface area contributed by atoms with Crippen molar-refractivity contribution in [3.05, 3.63) is 88.4 Å². The summed E-state index contributed by atoms with van der Waals surface area (Å²) in [5.74, 6) is 0.152. The molecule has 0 saturated carbocycles. The predicted molar refractivity (Wildman–Crippen MR) is 147 cm³/mol. The Hall–Kier alpha value is -3.62. The smallest absolute Gasteiger partial charge is 0.261 e. The van der Waals surface area contributed by atoms with E-state index in [2.05, 4.69) is 15.5 Å². The highest BCUT2D eigenvalue weighted by atomic mass is 35.5. The molecule has 0 unspecified atom stereocenters. The summed E-state index contributed by atoms with van der Waals surface area (Å²) < 4.78 is 5.23. The summed E-state index contributed by atoms with van der Waals surface area (Å²) in [6.07, 6.45) is 0. The van der Waals surface area contributed by atoms with Crippen LogP contribution in [0.15, 0.2) is 66.7 Å². The van der Waals surface area contributed by atoms with Crippen molar-refractivity contribution in [1.82, 2.24) is 10.2 Å². The number of aryl methyl sites for hydroxylation is 1. The zero-order valence-corrected chi connectivity index (χ0v) is 21.7. The molecule has 0 bridgehead atoms. The maximum Gasteiger partial charge on any atom is 0.261 e. The first kappa shape index (κ1) is 25.5. The average Bonchev–Trinajstić information content (AvgIpc) is 2.88. The molecule has 2 N–H and O–H groups in total. The monoisotopic (exact) mass is 522 g/mol. The summed E-state index contributed by atoms with van der Waals surface area (Å²) >= 11 is 11.9. The zero-order valence-electron chi connectivity index (χ0n) is 20.1. The van der Waals surface area contributed by atoms with Crippen LogP contribution < -0.4 is 20.3 Å². The number of nitrogens with zero attached hydrogens (tertiary/aromatic N) is 2. The molecule has 2 amide bonds. The standard InChI is InChI=1S/C27H27ClN4O3S/c1-18-7-3-4-8-20(18)26(34)32-15-13-31(14-16-32)23-12-11-19(17-22(23)28)29-27(36)30-25(33)21-9-5-6-10-24(21)35-2/h3-12,17H,13-16H2,1-2H3,(H2,29,30,33,36). The highest BCUT2D eigenvalue weighted by Crippen LogP contribution is 2.30. The van der Waals surface area contributed by atoms with E-state index in [-0.39, 0.29) is 16.9 Å². The molecule has 0 radical (unpaired) electrons. The molecule has 1 aliphatic rings. The summed E-state index contributed by atoms with van der Waals surface area (Å²) in [5, 5.41) is 6.36. The van der Waals surface area contributed by atoms with Crippen LogP contribution in [0.1, 0.15) is 26.3 Å². The van der Waals surface area contributed by atoms with Gasteiger partial charge in [0.1, 0.15) is 5.75 Å². The van der Waals surface area contributed by atoms with Crippen LogP contribution in [0.2, 0.25) is 5.02 Å². The number of amides is 2. The third-order valence-corrected chi connectivity index (χ3v) is 6.57. The van der Waals surface area contributed by atoms with Crippen molar-refractivity contribution in [3.63, 3.8) is 0 Å². The summed E-state index contributed by atoms with van der Waals surface area (Å²) in [6.45, 7) is 4.54. The number of halogens is 1. The SMILES string of the molecule is COc1ccccc1C(=O)NC(=S)Nc1ccc(N2CCN(C(=O)c3ccccc3C)CC2)c(Cl)c1. The molecule has 1 fully saturated rings. The van der Waals surface area contributed by atoms with Gasteiger partial charge in [-0.3, -0.25) is 14.9 Å². The highest BCUT2D eigenvalue weighted by molar-refractivity contribution is 7.80. The van der Waals surface area contributed by atoms with Gasteiger partial charge in [0.2, 0.25) is 0 Å². The van der Waals surface area contributed by atoms with Crippen LogP contribution in [0.3, 0.4) is 0 Å². The van der Waals surface area contributed by atoms with Crippen LogP contribution in [0.5, 0.6) is 5.75 Å². The lowest BCUT2D eigenvalue weighted by Gasteiger charge is -2.36. The topological polar surface area (TPSA) is 73.9 Å². The molecular formula is C27H27ClN4O3S. The van der Waals surface area contributed by atoms with Crippen molar-refractivity contribution in [2.24, 2.45) is 0 Å². The van der Waals surface area contributed by atoms with Gasteiger partial charge in [0.05, 0.1) is 23.4 Å². The number of rotatable bonds is 5. The van der Waals surface area contributed by atoms with Gasteiger partial charge in [-0.15, -0.1) is 0 Å². The molecular weight excluding hydrogens is 496 g/mol. The number of hydrogen-bond donors (Lipinski definition) is 2. The number of benzene rings is 3. The van der Waals surface area contributed by atoms with E-state index < -0.39 is 0 Å². The summed E-state index contributed by atoms with van der Waals surface area (Å²) in [4.78, 5) is 29.5. The van der Waals surface area contributed by atoms with Crippen LogP contribution >= 0.6 is 23.8 Å². The van der Waals surface area contributed by atoms with Gasteiger partial charge in [0.15, 0.2) is 5.11 Å². The summed E-state index contributed by atoms with van der Waals surface area (Å²) in [6, 6.07) is 20.1. The van der Waals surface area contributed by atoms with Crippen molar-refractivity contribution >= 4 is 52.1 Å². The molecule has 1 aliphatic heterocycles. The van der Waals surface area contributed by atoms with Crippen LogP contribution in [-0.4, -0.2) is 55.1 Å². The Labute approximate surface area is 221 Å². The Morgan fingerprint density at radius 3 is 2.28 bits per heavy atom. The van der Waals surface area contributed by atoms with Gasteiger partial charge in [-0.2, -0.15) is 0 Å². The van der Waals surface area contributed by atoms with Crippen LogP contribution in [0, 0.1) is 6.92 Å². The number of thiocarbonyl (C=S) groups is 1. The van der Waals surface area contributed by atoms with Gasteiger partial charge in [0, 0.05) is 37.4 Å². The molecule has 0 aliphatic carbocycles. The molecule has 186 valence electrons. The second-order valence-corrected chi connectivity index (χ2v) is 9.18. The first-order valence-corrected chi connectivity index (χ1v) is 12.3. The van der Waals surface area contributed by atoms with E-state index in [4.69, 9.17) is 28.6 Å². The molecule has 1 saturated heterocycles. The number of para-hydroxylation sites is 1. The Kier molecular flexibility index (Phi) is 8.07. The molecule has 0 atom stereocenters. The molecule has 3 aromatic rings. The van der Waals surface area contributed by atoms with Crippen molar-refractivity contribution in [3.8, 4) is 5.75 Å². The zero-order chi connectivity index (χ0) is 25.7. The number of nitrogens with one attached hydrogen (secondary N) is 2. The van der Waals surface area contributed by atoms with Crippen molar-refractivity contribution in [1.29, 1.82) is 0 Å². The Bertz CT molecular complexity index is 1290. The molecule has 36 heavy (non-hydrogen) atoms. The van der Waals surface area contributed by atoms with Crippen molar-refractivity contribution < 1.29 is 14.3 Å². The van der Waals surface area contributed by atoms with Crippen molar-refractivity contribution in [2.75, 3.05) is 43.5 Å². The Balaban J connectivity index is 1.34. The fourth-order valence-corrected chi connectivity index (χ4v) is 4.65. The Morgan fingerprint density at radius 1 is 0.944 bits per heavy atom. The van der Waals surface area contributed by atoms with E-state index in [9.17, 15) is 9.59 Å². The number of hydrogen-bond acceptors (Lipinski definition) is 5. The van der Waals surface area contributed by atoms with Crippen LogP contribution in [-0.2, 0) is 0 Å². The summed E-state index contributed by atoms with van der Waals surface area (Å²) in [7, 11) is 1.51.